The fourth-order valence-electron chi connectivity index (χ4n) is 3.05. The fourth-order valence-corrected chi connectivity index (χ4v) is 3.05. The number of hydrogen-bond acceptors (Lipinski definition) is 4. The maximum atomic E-state index is 11.2. The standard InChI is InChI=1S/C16H24N2O3/c1-12-6-8-13(9-7-12)10-11-17-14-4-3-5-15(21-2)16(14)18(19)20/h3-5,12-13,17H,6-11H2,1-2H3. The van der Waals surface area contributed by atoms with Crippen molar-refractivity contribution in [2.75, 3.05) is 19.0 Å². The van der Waals surface area contributed by atoms with Gasteiger partial charge in [0.05, 0.1) is 12.0 Å². The first-order valence-electron chi connectivity index (χ1n) is 7.67. The summed E-state index contributed by atoms with van der Waals surface area (Å²) >= 11 is 0. The molecule has 0 unspecified atom stereocenters. The van der Waals surface area contributed by atoms with Crippen LogP contribution in [0, 0.1) is 22.0 Å². The number of para-hydroxylation sites is 1. The molecule has 1 aromatic carbocycles. The lowest BCUT2D eigenvalue weighted by molar-refractivity contribution is -0.384. The molecular formula is C16H24N2O3. The number of nitro benzene ring substituents is 1. The van der Waals surface area contributed by atoms with Gasteiger partial charge >= 0.3 is 5.69 Å². The van der Waals surface area contributed by atoms with E-state index >= 15 is 0 Å². The minimum absolute atomic E-state index is 0.0252. The van der Waals surface area contributed by atoms with E-state index < -0.39 is 0 Å². The highest BCUT2D eigenvalue weighted by atomic mass is 16.6. The Bertz CT molecular complexity index is 482. The summed E-state index contributed by atoms with van der Waals surface area (Å²) in [6.45, 7) is 3.08. The third kappa shape index (κ3) is 4.09. The predicted molar refractivity (Wildman–Crippen MR) is 83.9 cm³/mol. The first kappa shape index (κ1) is 15.6. The number of nitrogens with one attached hydrogen (secondary N) is 1. The van der Waals surface area contributed by atoms with Crippen LogP contribution in [0.4, 0.5) is 11.4 Å². The molecule has 0 atom stereocenters. The molecule has 0 aromatic heterocycles. The summed E-state index contributed by atoms with van der Waals surface area (Å²) in [7, 11) is 1.45. The number of ether oxygens (including phenoxy) is 1. The van der Waals surface area contributed by atoms with Crippen molar-refractivity contribution in [1.29, 1.82) is 0 Å². The van der Waals surface area contributed by atoms with Crippen LogP contribution < -0.4 is 10.1 Å². The lowest BCUT2D eigenvalue weighted by Crippen LogP contribution is -2.16. The third-order valence-corrected chi connectivity index (χ3v) is 4.40. The van der Waals surface area contributed by atoms with Crippen molar-refractivity contribution >= 4 is 11.4 Å². The fraction of sp³-hybridized carbons (Fsp3) is 0.625. The van der Waals surface area contributed by atoms with E-state index in [-0.39, 0.29) is 10.6 Å². The smallest absolute Gasteiger partial charge is 0.333 e. The maximum Gasteiger partial charge on any atom is 0.333 e. The topological polar surface area (TPSA) is 64.4 Å². The van der Waals surface area contributed by atoms with E-state index in [9.17, 15) is 10.1 Å². The second kappa shape index (κ2) is 7.29. The van der Waals surface area contributed by atoms with E-state index in [2.05, 4.69) is 12.2 Å². The Labute approximate surface area is 125 Å². The van der Waals surface area contributed by atoms with E-state index in [1.165, 1.54) is 32.8 Å². The van der Waals surface area contributed by atoms with Crippen LogP contribution in [0.1, 0.15) is 39.0 Å². The van der Waals surface area contributed by atoms with Gasteiger partial charge in [0.2, 0.25) is 0 Å². The second-order valence-corrected chi connectivity index (χ2v) is 5.95. The van der Waals surface area contributed by atoms with Crippen LogP contribution in [-0.2, 0) is 0 Å². The third-order valence-electron chi connectivity index (χ3n) is 4.40. The normalized spacial score (nSPS) is 21.8. The molecule has 2 rings (SSSR count). The summed E-state index contributed by atoms with van der Waals surface area (Å²) in [5.74, 6) is 1.91. The summed E-state index contributed by atoms with van der Waals surface area (Å²) in [6, 6.07) is 5.13. The Hall–Kier alpha value is -1.78. The van der Waals surface area contributed by atoms with Crippen LogP contribution in [0.5, 0.6) is 5.75 Å². The minimum Gasteiger partial charge on any atom is -0.490 e. The van der Waals surface area contributed by atoms with Crippen LogP contribution >= 0.6 is 0 Å². The van der Waals surface area contributed by atoms with Gasteiger partial charge in [-0.15, -0.1) is 0 Å². The molecule has 0 radical (unpaired) electrons. The Balaban J connectivity index is 1.92. The lowest BCUT2D eigenvalue weighted by Gasteiger charge is -2.26. The number of methoxy groups -OCH3 is 1. The molecule has 1 saturated carbocycles. The first-order chi connectivity index (χ1) is 10.1. The van der Waals surface area contributed by atoms with Gasteiger partial charge < -0.3 is 10.1 Å². The number of hydrogen-bond donors (Lipinski definition) is 1. The number of benzene rings is 1. The van der Waals surface area contributed by atoms with Crippen LogP contribution in [0.15, 0.2) is 18.2 Å². The summed E-state index contributed by atoms with van der Waals surface area (Å²) in [5.41, 5.74) is 0.570. The molecule has 0 spiro atoms. The summed E-state index contributed by atoms with van der Waals surface area (Å²) in [6.07, 6.45) is 6.25. The molecule has 0 aliphatic heterocycles. The Morgan fingerprint density at radius 1 is 1.33 bits per heavy atom. The van der Waals surface area contributed by atoms with Gasteiger partial charge in [0.1, 0.15) is 5.69 Å². The van der Waals surface area contributed by atoms with E-state index in [0.29, 0.717) is 11.4 Å². The van der Waals surface area contributed by atoms with Crippen LogP contribution in [0.2, 0.25) is 0 Å². The predicted octanol–water partition coefficient (Wildman–Crippen LogP) is 4.23. The van der Waals surface area contributed by atoms with E-state index in [1.54, 1.807) is 18.2 Å². The van der Waals surface area contributed by atoms with Crippen molar-refractivity contribution in [3.8, 4) is 5.75 Å². The molecule has 116 valence electrons. The number of rotatable bonds is 6. The van der Waals surface area contributed by atoms with Crippen molar-refractivity contribution in [3.63, 3.8) is 0 Å². The highest BCUT2D eigenvalue weighted by Gasteiger charge is 2.21. The molecular weight excluding hydrogens is 268 g/mol. The molecule has 0 bridgehead atoms. The van der Waals surface area contributed by atoms with Crippen molar-refractivity contribution in [3.05, 3.63) is 28.3 Å². The molecule has 5 heteroatoms. The van der Waals surface area contributed by atoms with E-state index in [0.717, 1.165) is 24.8 Å². The molecule has 1 aromatic rings. The maximum absolute atomic E-state index is 11.2. The summed E-state index contributed by atoms with van der Waals surface area (Å²) in [4.78, 5) is 10.8. The molecule has 1 N–H and O–H groups in total. The Kier molecular flexibility index (Phi) is 5.42. The van der Waals surface area contributed by atoms with Crippen molar-refractivity contribution in [2.45, 2.75) is 39.0 Å². The van der Waals surface area contributed by atoms with Gasteiger partial charge in [0.25, 0.3) is 0 Å². The zero-order chi connectivity index (χ0) is 15.2. The van der Waals surface area contributed by atoms with Gasteiger partial charge in [0, 0.05) is 6.54 Å². The number of anilines is 1. The van der Waals surface area contributed by atoms with Crippen LogP contribution in [-0.4, -0.2) is 18.6 Å². The molecule has 1 aliphatic carbocycles. The van der Waals surface area contributed by atoms with E-state index in [1.807, 2.05) is 0 Å². The van der Waals surface area contributed by atoms with Crippen molar-refractivity contribution < 1.29 is 9.66 Å². The molecule has 1 aliphatic rings. The number of nitrogens with zero attached hydrogens (tertiary/aromatic N) is 1. The Morgan fingerprint density at radius 3 is 2.67 bits per heavy atom. The highest BCUT2D eigenvalue weighted by molar-refractivity contribution is 5.68. The zero-order valence-electron chi connectivity index (χ0n) is 12.8. The average molecular weight is 292 g/mol. The van der Waals surface area contributed by atoms with Gasteiger partial charge in [-0.25, -0.2) is 0 Å². The molecule has 0 saturated heterocycles. The molecule has 0 heterocycles. The van der Waals surface area contributed by atoms with Gasteiger partial charge in [0.15, 0.2) is 5.75 Å². The first-order valence-corrected chi connectivity index (χ1v) is 7.67. The van der Waals surface area contributed by atoms with E-state index in [4.69, 9.17) is 4.74 Å². The quantitative estimate of drug-likeness (QED) is 0.629. The summed E-state index contributed by atoms with van der Waals surface area (Å²) in [5, 5.41) is 14.4. The summed E-state index contributed by atoms with van der Waals surface area (Å²) < 4.78 is 5.07. The van der Waals surface area contributed by atoms with Crippen LogP contribution in [0.25, 0.3) is 0 Å². The monoisotopic (exact) mass is 292 g/mol. The average Bonchev–Trinajstić information content (AvgIpc) is 2.48. The van der Waals surface area contributed by atoms with Crippen molar-refractivity contribution in [1.82, 2.24) is 0 Å². The lowest BCUT2D eigenvalue weighted by atomic mass is 9.81. The second-order valence-electron chi connectivity index (χ2n) is 5.95. The molecule has 0 amide bonds. The van der Waals surface area contributed by atoms with Gasteiger partial charge in [-0.3, -0.25) is 10.1 Å². The van der Waals surface area contributed by atoms with Gasteiger partial charge in [-0.2, -0.15) is 0 Å². The molecule has 1 fully saturated rings. The van der Waals surface area contributed by atoms with Crippen LogP contribution in [0.3, 0.4) is 0 Å². The minimum atomic E-state index is -0.385. The van der Waals surface area contributed by atoms with Crippen molar-refractivity contribution in [2.24, 2.45) is 11.8 Å². The zero-order valence-corrected chi connectivity index (χ0v) is 12.8. The molecule has 21 heavy (non-hydrogen) atoms. The Morgan fingerprint density at radius 2 is 2.05 bits per heavy atom. The van der Waals surface area contributed by atoms with Gasteiger partial charge in [-0.1, -0.05) is 38.7 Å². The highest BCUT2D eigenvalue weighted by Crippen LogP contribution is 2.35. The molecule has 5 nitrogen and oxygen atoms in total. The SMILES string of the molecule is COc1cccc(NCCC2CCC(C)CC2)c1[N+](=O)[O-]. The number of nitro groups is 1. The largest absolute Gasteiger partial charge is 0.490 e. The van der Waals surface area contributed by atoms with Gasteiger partial charge in [-0.05, 0) is 30.4 Å².